The molecule has 1 fully saturated rings. The minimum absolute atomic E-state index is 0.439. The van der Waals surface area contributed by atoms with Gasteiger partial charge in [0.25, 0.3) is 0 Å². The Morgan fingerprint density at radius 3 is 2.84 bits per heavy atom. The van der Waals surface area contributed by atoms with E-state index >= 15 is 0 Å². The Kier molecular flexibility index (Phi) is 5.37. The third-order valence-corrected chi connectivity index (χ3v) is 4.45. The lowest BCUT2D eigenvalue weighted by atomic mass is 9.86. The highest BCUT2D eigenvalue weighted by Crippen LogP contribution is 2.36. The first-order valence-electron chi connectivity index (χ1n) is 7.15. The first kappa shape index (κ1) is 14.9. The van der Waals surface area contributed by atoms with Crippen LogP contribution in [0, 0.1) is 5.92 Å². The van der Waals surface area contributed by atoms with Gasteiger partial charge in [-0.05, 0) is 80.8 Å². The second-order valence-corrected chi connectivity index (χ2v) is 6.55. The Morgan fingerprint density at radius 2 is 2.26 bits per heavy atom. The van der Waals surface area contributed by atoms with Crippen molar-refractivity contribution in [3.05, 3.63) is 28.5 Å². The standard InChI is InChI=1S/C15H24BrN3/c1-11(2)19-8-4-5-12(9-17-3)15(19)14-7-6-13(16)10-18-14/h6-7,10-12,15,17H,4-5,8-9H2,1-3H3. The van der Waals surface area contributed by atoms with Gasteiger partial charge in [-0.25, -0.2) is 0 Å². The zero-order valence-electron chi connectivity index (χ0n) is 12.1. The highest BCUT2D eigenvalue weighted by molar-refractivity contribution is 9.10. The minimum Gasteiger partial charge on any atom is -0.319 e. The van der Waals surface area contributed by atoms with Gasteiger partial charge in [-0.1, -0.05) is 0 Å². The maximum Gasteiger partial charge on any atom is 0.0579 e. The number of aromatic nitrogens is 1. The van der Waals surface area contributed by atoms with Gasteiger partial charge >= 0.3 is 0 Å². The van der Waals surface area contributed by atoms with Crippen LogP contribution >= 0.6 is 15.9 Å². The Hall–Kier alpha value is -0.450. The molecule has 4 heteroatoms. The van der Waals surface area contributed by atoms with Crippen LogP contribution in [-0.4, -0.2) is 36.1 Å². The fraction of sp³-hybridized carbons (Fsp3) is 0.667. The van der Waals surface area contributed by atoms with E-state index in [1.54, 1.807) is 0 Å². The fourth-order valence-electron chi connectivity index (χ4n) is 3.13. The van der Waals surface area contributed by atoms with E-state index in [4.69, 9.17) is 0 Å². The summed E-state index contributed by atoms with van der Waals surface area (Å²) in [5, 5.41) is 3.34. The summed E-state index contributed by atoms with van der Waals surface area (Å²) in [6.07, 6.45) is 4.49. The number of piperidine rings is 1. The highest BCUT2D eigenvalue weighted by atomic mass is 79.9. The molecule has 1 aromatic heterocycles. The van der Waals surface area contributed by atoms with Crippen molar-refractivity contribution in [3.63, 3.8) is 0 Å². The van der Waals surface area contributed by atoms with E-state index in [1.807, 2.05) is 13.2 Å². The second kappa shape index (κ2) is 6.82. The van der Waals surface area contributed by atoms with Crippen molar-refractivity contribution in [3.8, 4) is 0 Å². The second-order valence-electron chi connectivity index (χ2n) is 5.64. The van der Waals surface area contributed by atoms with Crippen molar-refractivity contribution >= 4 is 15.9 Å². The third-order valence-electron chi connectivity index (χ3n) is 3.98. The predicted molar refractivity (Wildman–Crippen MR) is 83.2 cm³/mol. The lowest BCUT2D eigenvalue weighted by Gasteiger charge is -2.43. The summed E-state index contributed by atoms with van der Waals surface area (Å²) in [6, 6.07) is 5.27. The molecule has 19 heavy (non-hydrogen) atoms. The zero-order chi connectivity index (χ0) is 13.8. The molecule has 106 valence electrons. The summed E-state index contributed by atoms with van der Waals surface area (Å²) in [6.45, 7) is 6.81. The molecule has 0 aliphatic carbocycles. The molecule has 1 aliphatic rings. The molecule has 1 aromatic rings. The SMILES string of the molecule is CNCC1CCCN(C(C)C)C1c1ccc(Br)cn1. The molecule has 0 saturated carbocycles. The number of rotatable bonds is 4. The van der Waals surface area contributed by atoms with Crippen molar-refractivity contribution in [1.29, 1.82) is 0 Å². The maximum atomic E-state index is 4.65. The van der Waals surface area contributed by atoms with E-state index in [9.17, 15) is 0 Å². The number of nitrogens with zero attached hydrogens (tertiary/aromatic N) is 2. The van der Waals surface area contributed by atoms with Crippen molar-refractivity contribution in [2.75, 3.05) is 20.1 Å². The lowest BCUT2D eigenvalue weighted by molar-refractivity contribution is 0.0609. The van der Waals surface area contributed by atoms with Gasteiger partial charge in [0.05, 0.1) is 11.7 Å². The number of likely N-dealkylation sites (tertiary alicyclic amines) is 1. The maximum absolute atomic E-state index is 4.65. The largest absolute Gasteiger partial charge is 0.319 e. The summed E-state index contributed by atoms with van der Waals surface area (Å²) in [5.74, 6) is 0.648. The molecule has 0 amide bonds. The third kappa shape index (κ3) is 3.56. The van der Waals surface area contributed by atoms with Crippen molar-refractivity contribution in [1.82, 2.24) is 15.2 Å². The van der Waals surface area contributed by atoms with Crippen molar-refractivity contribution < 1.29 is 0 Å². The molecule has 2 rings (SSSR count). The van der Waals surface area contributed by atoms with Crippen LogP contribution in [0.15, 0.2) is 22.8 Å². The molecular formula is C15H24BrN3. The van der Waals surface area contributed by atoms with E-state index in [-0.39, 0.29) is 0 Å². The average molecular weight is 326 g/mol. The van der Waals surface area contributed by atoms with Crippen LogP contribution in [0.2, 0.25) is 0 Å². The van der Waals surface area contributed by atoms with E-state index in [0.717, 1.165) is 11.0 Å². The van der Waals surface area contributed by atoms with Gasteiger partial charge in [0.2, 0.25) is 0 Å². The average Bonchev–Trinajstić information content (AvgIpc) is 2.40. The quantitative estimate of drug-likeness (QED) is 0.921. The van der Waals surface area contributed by atoms with Crippen LogP contribution < -0.4 is 5.32 Å². The van der Waals surface area contributed by atoms with Crippen molar-refractivity contribution in [2.45, 2.75) is 38.8 Å². The molecule has 0 spiro atoms. The fourth-order valence-corrected chi connectivity index (χ4v) is 3.37. The monoisotopic (exact) mass is 325 g/mol. The van der Waals surface area contributed by atoms with Gasteiger partial charge in [-0.2, -0.15) is 0 Å². The summed E-state index contributed by atoms with van der Waals surface area (Å²) in [4.78, 5) is 7.25. The zero-order valence-corrected chi connectivity index (χ0v) is 13.7. The van der Waals surface area contributed by atoms with Gasteiger partial charge in [0.1, 0.15) is 0 Å². The van der Waals surface area contributed by atoms with Crippen molar-refractivity contribution in [2.24, 2.45) is 5.92 Å². The topological polar surface area (TPSA) is 28.2 Å². The number of nitrogens with one attached hydrogen (secondary N) is 1. The highest BCUT2D eigenvalue weighted by Gasteiger charge is 2.34. The van der Waals surface area contributed by atoms with Crippen LogP contribution in [0.25, 0.3) is 0 Å². The molecule has 2 heterocycles. The Bertz CT molecular complexity index is 389. The molecule has 2 atom stereocenters. The molecule has 1 saturated heterocycles. The number of halogens is 1. The molecule has 1 aliphatic heterocycles. The van der Waals surface area contributed by atoms with Gasteiger partial charge in [-0.15, -0.1) is 0 Å². The normalized spacial score (nSPS) is 24.9. The van der Waals surface area contributed by atoms with E-state index < -0.39 is 0 Å². The molecule has 2 unspecified atom stereocenters. The summed E-state index contributed by atoms with van der Waals surface area (Å²) in [7, 11) is 2.04. The smallest absolute Gasteiger partial charge is 0.0579 e. The molecule has 0 bridgehead atoms. The Morgan fingerprint density at radius 1 is 1.47 bits per heavy atom. The first-order valence-corrected chi connectivity index (χ1v) is 7.94. The van der Waals surface area contributed by atoms with Crippen LogP contribution in [0.5, 0.6) is 0 Å². The Balaban J connectivity index is 2.28. The molecule has 1 N–H and O–H groups in total. The van der Waals surface area contributed by atoms with Gasteiger partial charge in [-0.3, -0.25) is 9.88 Å². The number of hydrogen-bond acceptors (Lipinski definition) is 3. The van der Waals surface area contributed by atoms with Crippen LogP contribution in [0.3, 0.4) is 0 Å². The molecule has 0 radical (unpaired) electrons. The summed E-state index contributed by atoms with van der Waals surface area (Å²) >= 11 is 3.47. The van der Waals surface area contributed by atoms with Crippen LogP contribution in [0.4, 0.5) is 0 Å². The van der Waals surface area contributed by atoms with Gasteiger partial charge in [0.15, 0.2) is 0 Å². The molecule has 0 aromatic carbocycles. The summed E-state index contributed by atoms with van der Waals surface area (Å²) < 4.78 is 1.05. The van der Waals surface area contributed by atoms with Gasteiger partial charge in [0, 0.05) is 16.7 Å². The Labute approximate surface area is 124 Å². The number of hydrogen-bond donors (Lipinski definition) is 1. The number of pyridine rings is 1. The minimum atomic E-state index is 0.439. The van der Waals surface area contributed by atoms with Crippen LogP contribution in [0.1, 0.15) is 38.4 Å². The predicted octanol–water partition coefficient (Wildman–Crippen LogP) is 3.23. The first-order chi connectivity index (χ1) is 9.13. The molecular weight excluding hydrogens is 302 g/mol. The van der Waals surface area contributed by atoms with Crippen LogP contribution in [-0.2, 0) is 0 Å². The van der Waals surface area contributed by atoms with E-state index in [1.165, 1.54) is 25.1 Å². The van der Waals surface area contributed by atoms with Gasteiger partial charge < -0.3 is 5.32 Å². The summed E-state index contributed by atoms with van der Waals surface area (Å²) in [5.41, 5.74) is 1.21. The van der Waals surface area contributed by atoms with E-state index in [0.29, 0.717) is 18.0 Å². The molecule has 3 nitrogen and oxygen atoms in total. The van der Waals surface area contributed by atoms with E-state index in [2.05, 4.69) is 57.1 Å². The lowest BCUT2D eigenvalue weighted by Crippen LogP contribution is -2.45.